The van der Waals surface area contributed by atoms with Crippen molar-refractivity contribution in [1.29, 1.82) is 0 Å². The number of rotatable bonds is 3. The van der Waals surface area contributed by atoms with Crippen molar-refractivity contribution in [3.05, 3.63) is 59.0 Å². The summed E-state index contributed by atoms with van der Waals surface area (Å²) in [6.07, 6.45) is 3.64. The number of halogens is 1. The van der Waals surface area contributed by atoms with Crippen molar-refractivity contribution < 1.29 is 4.79 Å². The second-order valence-electron chi connectivity index (χ2n) is 4.23. The number of nitrogens with one attached hydrogen (secondary N) is 3. The van der Waals surface area contributed by atoms with E-state index in [1.807, 2.05) is 42.7 Å². The number of aromatic nitrogens is 3. The molecule has 0 bridgehead atoms. The fraction of sp³-hybridized carbons (Fsp3) is 0. The van der Waals surface area contributed by atoms with E-state index in [0.717, 1.165) is 21.4 Å². The molecule has 1 amide bonds. The maximum atomic E-state index is 12.1. The third kappa shape index (κ3) is 2.65. The van der Waals surface area contributed by atoms with E-state index < -0.39 is 0 Å². The molecule has 0 unspecified atom stereocenters. The number of H-pyrrole nitrogens is 2. The molecule has 100 valence electrons. The van der Waals surface area contributed by atoms with Crippen molar-refractivity contribution in [2.24, 2.45) is 0 Å². The zero-order valence-electron chi connectivity index (χ0n) is 10.4. The first-order chi connectivity index (χ1) is 9.72. The first-order valence-electron chi connectivity index (χ1n) is 5.98. The van der Waals surface area contributed by atoms with E-state index in [0.29, 0.717) is 5.69 Å². The summed E-state index contributed by atoms with van der Waals surface area (Å²) in [5.41, 5.74) is 2.80. The molecule has 0 saturated carbocycles. The van der Waals surface area contributed by atoms with Crippen molar-refractivity contribution in [2.45, 2.75) is 0 Å². The molecule has 3 aromatic rings. The number of carbonyl (C=O) groups is 1. The van der Waals surface area contributed by atoms with Crippen LogP contribution in [-0.2, 0) is 0 Å². The van der Waals surface area contributed by atoms with Crippen LogP contribution in [0.3, 0.4) is 0 Å². The minimum absolute atomic E-state index is 0.225. The summed E-state index contributed by atoms with van der Waals surface area (Å²) >= 11 is 3.36. The summed E-state index contributed by atoms with van der Waals surface area (Å²) < 4.78 is 0.910. The lowest BCUT2D eigenvalue weighted by atomic mass is 10.2. The molecule has 3 N–H and O–H groups in total. The van der Waals surface area contributed by atoms with Crippen LogP contribution in [0.1, 0.15) is 10.5 Å². The van der Waals surface area contributed by atoms with Gasteiger partial charge in [-0.1, -0.05) is 22.0 Å². The van der Waals surface area contributed by atoms with Crippen molar-refractivity contribution in [3.8, 4) is 11.3 Å². The van der Waals surface area contributed by atoms with Crippen molar-refractivity contribution in [1.82, 2.24) is 15.2 Å². The van der Waals surface area contributed by atoms with E-state index in [-0.39, 0.29) is 5.91 Å². The number of hydrogen-bond acceptors (Lipinski definition) is 2. The van der Waals surface area contributed by atoms with Crippen LogP contribution in [0.2, 0.25) is 0 Å². The number of amides is 1. The molecule has 1 aromatic carbocycles. The second kappa shape index (κ2) is 5.34. The van der Waals surface area contributed by atoms with Crippen LogP contribution in [-0.4, -0.2) is 21.1 Å². The molecule has 0 atom stereocenters. The zero-order chi connectivity index (χ0) is 13.9. The highest BCUT2D eigenvalue weighted by Gasteiger charge is 2.11. The molecule has 3 rings (SSSR count). The third-order valence-corrected chi connectivity index (χ3v) is 3.29. The van der Waals surface area contributed by atoms with Gasteiger partial charge < -0.3 is 10.3 Å². The summed E-state index contributed by atoms with van der Waals surface area (Å²) in [5, 5.41) is 9.67. The SMILES string of the molecule is O=C(Nc1cccc(Br)c1)c1cc(-c2cc[nH]c2)n[nH]1. The van der Waals surface area contributed by atoms with Gasteiger partial charge in [0.15, 0.2) is 0 Å². The average molecular weight is 331 g/mol. The van der Waals surface area contributed by atoms with Gasteiger partial charge in [-0.2, -0.15) is 5.10 Å². The molecular formula is C14H11BrN4O. The van der Waals surface area contributed by atoms with Gasteiger partial charge in [0.1, 0.15) is 5.69 Å². The Bertz CT molecular complexity index is 733. The minimum Gasteiger partial charge on any atom is -0.367 e. The molecule has 0 aliphatic carbocycles. The van der Waals surface area contributed by atoms with E-state index in [1.54, 1.807) is 6.07 Å². The van der Waals surface area contributed by atoms with Gasteiger partial charge in [0, 0.05) is 28.1 Å². The molecule has 20 heavy (non-hydrogen) atoms. The average Bonchev–Trinajstić information content (AvgIpc) is 3.10. The monoisotopic (exact) mass is 330 g/mol. The van der Waals surface area contributed by atoms with Crippen molar-refractivity contribution in [2.75, 3.05) is 5.32 Å². The van der Waals surface area contributed by atoms with Gasteiger partial charge in [0.05, 0.1) is 5.69 Å². The number of hydrogen-bond donors (Lipinski definition) is 3. The van der Waals surface area contributed by atoms with Gasteiger partial charge in [0.2, 0.25) is 0 Å². The van der Waals surface area contributed by atoms with Gasteiger partial charge >= 0.3 is 0 Å². The highest BCUT2D eigenvalue weighted by molar-refractivity contribution is 9.10. The molecule has 0 aliphatic heterocycles. The molecule has 6 heteroatoms. The Kier molecular flexibility index (Phi) is 3.39. The van der Waals surface area contributed by atoms with Crippen molar-refractivity contribution >= 4 is 27.5 Å². The van der Waals surface area contributed by atoms with Crippen LogP contribution < -0.4 is 5.32 Å². The first-order valence-corrected chi connectivity index (χ1v) is 6.77. The van der Waals surface area contributed by atoms with E-state index in [2.05, 4.69) is 36.4 Å². The molecule has 0 saturated heterocycles. The van der Waals surface area contributed by atoms with Crippen LogP contribution in [0.25, 0.3) is 11.3 Å². The van der Waals surface area contributed by atoms with Gasteiger partial charge in [-0.25, -0.2) is 0 Å². The predicted molar refractivity (Wildman–Crippen MR) is 80.5 cm³/mol. The molecule has 0 aliphatic rings. The number of benzene rings is 1. The van der Waals surface area contributed by atoms with Gasteiger partial charge in [-0.05, 0) is 30.3 Å². The van der Waals surface area contributed by atoms with Crippen molar-refractivity contribution in [3.63, 3.8) is 0 Å². The lowest BCUT2D eigenvalue weighted by molar-refractivity contribution is 0.102. The summed E-state index contributed by atoms with van der Waals surface area (Å²) in [4.78, 5) is 15.1. The Morgan fingerprint density at radius 2 is 2.15 bits per heavy atom. The van der Waals surface area contributed by atoms with Crippen LogP contribution in [0.4, 0.5) is 5.69 Å². The van der Waals surface area contributed by atoms with Crippen LogP contribution in [0.5, 0.6) is 0 Å². The quantitative estimate of drug-likeness (QED) is 0.688. The molecule has 0 spiro atoms. The standard InChI is InChI=1S/C14H11BrN4O/c15-10-2-1-3-11(6-10)17-14(20)13-7-12(18-19-13)9-4-5-16-8-9/h1-8,16H,(H,17,20)(H,18,19). The fourth-order valence-corrected chi connectivity index (χ4v) is 2.23. The molecular weight excluding hydrogens is 320 g/mol. The van der Waals surface area contributed by atoms with E-state index in [1.165, 1.54) is 0 Å². The predicted octanol–water partition coefficient (Wildman–Crippen LogP) is 3.42. The Labute approximate surface area is 123 Å². The summed E-state index contributed by atoms with van der Waals surface area (Å²) in [6, 6.07) is 11.0. The Hall–Kier alpha value is -2.34. The molecule has 0 fully saturated rings. The smallest absolute Gasteiger partial charge is 0.273 e. The highest BCUT2D eigenvalue weighted by Crippen LogP contribution is 2.19. The van der Waals surface area contributed by atoms with E-state index in [4.69, 9.17) is 0 Å². The largest absolute Gasteiger partial charge is 0.367 e. The number of anilines is 1. The summed E-state index contributed by atoms with van der Waals surface area (Å²) in [5.74, 6) is -0.225. The Balaban J connectivity index is 1.78. The molecule has 2 aromatic heterocycles. The molecule has 5 nitrogen and oxygen atoms in total. The zero-order valence-corrected chi connectivity index (χ0v) is 11.9. The lowest BCUT2D eigenvalue weighted by Gasteiger charge is -2.03. The maximum absolute atomic E-state index is 12.1. The number of nitrogens with zero attached hydrogens (tertiary/aromatic N) is 1. The normalized spacial score (nSPS) is 10.4. The molecule has 0 radical (unpaired) electrons. The van der Waals surface area contributed by atoms with E-state index >= 15 is 0 Å². The lowest BCUT2D eigenvalue weighted by Crippen LogP contribution is -2.12. The van der Waals surface area contributed by atoms with E-state index in [9.17, 15) is 4.79 Å². The minimum atomic E-state index is -0.225. The van der Waals surface area contributed by atoms with Gasteiger partial charge in [-0.3, -0.25) is 9.89 Å². The number of aromatic amines is 2. The maximum Gasteiger partial charge on any atom is 0.273 e. The Morgan fingerprint density at radius 1 is 1.25 bits per heavy atom. The van der Waals surface area contributed by atoms with Gasteiger partial charge in [0.25, 0.3) is 5.91 Å². The summed E-state index contributed by atoms with van der Waals surface area (Å²) in [6.45, 7) is 0. The second-order valence-corrected chi connectivity index (χ2v) is 5.15. The van der Waals surface area contributed by atoms with Crippen LogP contribution >= 0.6 is 15.9 Å². The summed E-state index contributed by atoms with van der Waals surface area (Å²) in [7, 11) is 0. The highest BCUT2D eigenvalue weighted by atomic mass is 79.9. The fourth-order valence-electron chi connectivity index (χ4n) is 1.83. The first kappa shape index (κ1) is 12.7. The van der Waals surface area contributed by atoms with Gasteiger partial charge in [-0.15, -0.1) is 0 Å². The third-order valence-electron chi connectivity index (χ3n) is 2.80. The topological polar surface area (TPSA) is 73.6 Å². The van der Waals surface area contributed by atoms with Crippen LogP contribution in [0.15, 0.2) is 53.3 Å². The van der Waals surface area contributed by atoms with Crippen LogP contribution in [0, 0.1) is 0 Å². The molecule has 2 heterocycles. The Morgan fingerprint density at radius 3 is 2.90 bits per heavy atom. The number of carbonyl (C=O) groups excluding carboxylic acids is 1.